The molecule has 28 heavy (non-hydrogen) atoms. The minimum atomic E-state index is -0.735. The number of hydrogen-bond acceptors (Lipinski definition) is 5. The highest BCUT2D eigenvalue weighted by Gasteiger charge is 2.36. The average molecular weight is 380 g/mol. The van der Waals surface area contributed by atoms with Crippen LogP contribution >= 0.6 is 0 Å². The molecule has 0 unspecified atom stereocenters. The van der Waals surface area contributed by atoms with Crippen LogP contribution in [0.15, 0.2) is 59.8 Å². The summed E-state index contributed by atoms with van der Waals surface area (Å²) in [6, 6.07) is 13.7. The normalized spacial score (nSPS) is 16.5. The molecule has 2 aromatic carbocycles. The first-order chi connectivity index (χ1) is 13.4. The lowest BCUT2D eigenvalue weighted by atomic mass is 9.83. The van der Waals surface area contributed by atoms with Gasteiger partial charge in [0.2, 0.25) is 5.91 Å². The van der Waals surface area contributed by atoms with Crippen LogP contribution in [-0.2, 0) is 20.9 Å². The molecule has 1 atom stereocenters. The summed E-state index contributed by atoms with van der Waals surface area (Å²) in [7, 11) is 0. The molecule has 0 aliphatic carbocycles. The number of carbonyl (C=O) groups excluding carboxylic acids is 2. The van der Waals surface area contributed by atoms with Crippen molar-refractivity contribution in [3.05, 3.63) is 86.6 Å². The topological polar surface area (TPSA) is 98.5 Å². The van der Waals surface area contributed by atoms with Crippen molar-refractivity contribution in [1.82, 2.24) is 5.32 Å². The number of nitro benzene ring substituents is 1. The summed E-state index contributed by atoms with van der Waals surface area (Å²) in [6.07, 6.45) is -0.0584. The van der Waals surface area contributed by atoms with E-state index in [4.69, 9.17) is 4.74 Å². The van der Waals surface area contributed by atoms with E-state index in [1.54, 1.807) is 25.1 Å². The second kappa shape index (κ2) is 8.04. The van der Waals surface area contributed by atoms with Gasteiger partial charge in [0.1, 0.15) is 6.61 Å². The maximum atomic E-state index is 12.8. The van der Waals surface area contributed by atoms with Crippen LogP contribution in [-0.4, -0.2) is 16.8 Å². The van der Waals surface area contributed by atoms with E-state index in [2.05, 4.69) is 5.32 Å². The summed E-state index contributed by atoms with van der Waals surface area (Å²) in [5.74, 6) is -1.63. The van der Waals surface area contributed by atoms with Gasteiger partial charge in [-0.1, -0.05) is 48.0 Å². The fourth-order valence-electron chi connectivity index (χ4n) is 3.30. The van der Waals surface area contributed by atoms with Crippen LogP contribution in [0, 0.1) is 17.0 Å². The Morgan fingerprint density at radius 1 is 1.18 bits per heavy atom. The van der Waals surface area contributed by atoms with Gasteiger partial charge in [0.15, 0.2) is 0 Å². The number of esters is 1. The van der Waals surface area contributed by atoms with Crippen LogP contribution in [0.5, 0.6) is 0 Å². The number of carbonyl (C=O) groups is 2. The van der Waals surface area contributed by atoms with Gasteiger partial charge < -0.3 is 10.1 Å². The van der Waals surface area contributed by atoms with E-state index >= 15 is 0 Å². The predicted octanol–water partition coefficient (Wildman–Crippen LogP) is 3.52. The third kappa shape index (κ3) is 4.09. The number of benzene rings is 2. The largest absolute Gasteiger partial charge is 0.457 e. The third-order valence-electron chi connectivity index (χ3n) is 4.69. The molecule has 0 aromatic heterocycles. The Morgan fingerprint density at radius 3 is 2.54 bits per heavy atom. The SMILES string of the molecule is CC1=C(C(=O)OCc2ccc(C)cc2)[C@@H](c2ccccc2[N+](=O)[O-])CC(=O)N1. The van der Waals surface area contributed by atoms with E-state index in [0.29, 0.717) is 11.3 Å². The van der Waals surface area contributed by atoms with Crippen molar-refractivity contribution in [2.24, 2.45) is 0 Å². The van der Waals surface area contributed by atoms with Crippen LogP contribution in [0.3, 0.4) is 0 Å². The first-order valence-corrected chi connectivity index (χ1v) is 8.83. The number of ether oxygens (including phenoxy) is 1. The van der Waals surface area contributed by atoms with Gasteiger partial charge in [0.05, 0.1) is 10.5 Å². The highest BCUT2D eigenvalue weighted by molar-refractivity contribution is 5.96. The van der Waals surface area contributed by atoms with Crippen molar-refractivity contribution in [3.63, 3.8) is 0 Å². The smallest absolute Gasteiger partial charge is 0.336 e. The molecule has 7 nitrogen and oxygen atoms in total. The molecule has 1 amide bonds. The fourth-order valence-corrected chi connectivity index (χ4v) is 3.30. The molecule has 0 radical (unpaired) electrons. The van der Waals surface area contributed by atoms with Crippen molar-refractivity contribution >= 4 is 17.6 Å². The lowest BCUT2D eigenvalue weighted by Gasteiger charge is -2.26. The zero-order valence-electron chi connectivity index (χ0n) is 15.6. The molecule has 1 N–H and O–H groups in total. The van der Waals surface area contributed by atoms with Crippen molar-refractivity contribution < 1.29 is 19.2 Å². The standard InChI is InChI=1S/C21H20N2O5/c1-13-7-9-15(10-8-13)12-28-21(25)20-14(2)22-19(24)11-17(20)16-5-3-4-6-18(16)23(26)27/h3-10,17H,11-12H2,1-2H3,(H,22,24)/t17-/m1/s1. The van der Waals surface area contributed by atoms with Crippen LogP contribution in [0.2, 0.25) is 0 Å². The Kier molecular flexibility index (Phi) is 5.54. The van der Waals surface area contributed by atoms with Crippen LogP contribution in [0.25, 0.3) is 0 Å². The minimum absolute atomic E-state index is 0.0584. The van der Waals surface area contributed by atoms with Gasteiger partial charge in [0, 0.05) is 29.7 Å². The zero-order valence-corrected chi connectivity index (χ0v) is 15.6. The molecule has 7 heteroatoms. The van der Waals surface area contributed by atoms with E-state index in [-0.39, 0.29) is 30.2 Å². The van der Waals surface area contributed by atoms with E-state index in [0.717, 1.165) is 11.1 Å². The summed E-state index contributed by atoms with van der Waals surface area (Å²) < 4.78 is 5.45. The molecule has 2 aromatic rings. The molecular weight excluding hydrogens is 360 g/mol. The number of allylic oxidation sites excluding steroid dienone is 1. The number of para-hydroxylation sites is 1. The third-order valence-corrected chi connectivity index (χ3v) is 4.69. The fraction of sp³-hybridized carbons (Fsp3) is 0.238. The molecule has 0 bridgehead atoms. The zero-order chi connectivity index (χ0) is 20.3. The van der Waals surface area contributed by atoms with Gasteiger partial charge in [0.25, 0.3) is 5.69 Å². The number of nitrogens with one attached hydrogen (secondary N) is 1. The molecular formula is C21H20N2O5. The number of aryl methyl sites for hydroxylation is 1. The second-order valence-electron chi connectivity index (χ2n) is 6.72. The maximum Gasteiger partial charge on any atom is 0.336 e. The summed E-state index contributed by atoms with van der Waals surface area (Å²) in [5.41, 5.74) is 2.72. The summed E-state index contributed by atoms with van der Waals surface area (Å²) in [5, 5.41) is 14.0. The van der Waals surface area contributed by atoms with Gasteiger partial charge in [-0.15, -0.1) is 0 Å². The quantitative estimate of drug-likeness (QED) is 0.486. The van der Waals surface area contributed by atoms with Gasteiger partial charge in [-0.25, -0.2) is 4.79 Å². The second-order valence-corrected chi connectivity index (χ2v) is 6.72. The summed E-state index contributed by atoms with van der Waals surface area (Å²) in [4.78, 5) is 35.8. The van der Waals surface area contributed by atoms with Gasteiger partial charge in [-0.05, 0) is 19.4 Å². The molecule has 0 fully saturated rings. The summed E-state index contributed by atoms with van der Waals surface area (Å²) in [6.45, 7) is 3.64. The van der Waals surface area contributed by atoms with Gasteiger partial charge in [-0.2, -0.15) is 0 Å². The molecule has 3 rings (SSSR count). The molecule has 0 saturated carbocycles. The Hall–Kier alpha value is -3.48. The lowest BCUT2D eigenvalue weighted by molar-refractivity contribution is -0.385. The molecule has 1 heterocycles. The highest BCUT2D eigenvalue weighted by atomic mass is 16.6. The average Bonchev–Trinajstić information content (AvgIpc) is 2.66. The van der Waals surface area contributed by atoms with Gasteiger partial charge in [-0.3, -0.25) is 14.9 Å². The van der Waals surface area contributed by atoms with Crippen LogP contribution < -0.4 is 5.32 Å². The Morgan fingerprint density at radius 2 is 1.86 bits per heavy atom. The Labute approximate surface area is 162 Å². The molecule has 0 saturated heterocycles. The first kappa shape index (κ1) is 19.3. The van der Waals surface area contributed by atoms with Crippen LogP contribution in [0.4, 0.5) is 5.69 Å². The minimum Gasteiger partial charge on any atom is -0.457 e. The van der Waals surface area contributed by atoms with Crippen LogP contribution in [0.1, 0.15) is 36.0 Å². The monoisotopic (exact) mass is 380 g/mol. The molecule has 144 valence electrons. The molecule has 0 spiro atoms. The number of rotatable bonds is 5. The number of nitrogens with zero attached hydrogens (tertiary/aromatic N) is 1. The summed E-state index contributed by atoms with van der Waals surface area (Å²) >= 11 is 0. The van der Waals surface area contributed by atoms with E-state index in [9.17, 15) is 19.7 Å². The van der Waals surface area contributed by atoms with Crippen molar-refractivity contribution in [2.75, 3.05) is 0 Å². The van der Waals surface area contributed by atoms with E-state index < -0.39 is 16.8 Å². The van der Waals surface area contributed by atoms with E-state index in [1.165, 1.54) is 6.07 Å². The van der Waals surface area contributed by atoms with Crippen molar-refractivity contribution in [1.29, 1.82) is 0 Å². The number of nitro groups is 1. The Balaban J connectivity index is 1.90. The van der Waals surface area contributed by atoms with Crippen molar-refractivity contribution in [2.45, 2.75) is 32.8 Å². The Bertz CT molecular complexity index is 963. The van der Waals surface area contributed by atoms with E-state index in [1.807, 2.05) is 31.2 Å². The predicted molar refractivity (Wildman–Crippen MR) is 102 cm³/mol. The lowest BCUT2D eigenvalue weighted by Crippen LogP contribution is -2.34. The highest BCUT2D eigenvalue weighted by Crippen LogP contribution is 2.38. The molecule has 1 aliphatic heterocycles. The molecule has 1 aliphatic rings. The first-order valence-electron chi connectivity index (χ1n) is 8.83. The van der Waals surface area contributed by atoms with Gasteiger partial charge >= 0.3 is 5.97 Å². The number of hydrogen-bond donors (Lipinski definition) is 1. The maximum absolute atomic E-state index is 12.8. The number of amides is 1. The van der Waals surface area contributed by atoms with Crippen molar-refractivity contribution in [3.8, 4) is 0 Å².